The van der Waals surface area contributed by atoms with Crippen LogP contribution < -0.4 is 0 Å². The van der Waals surface area contributed by atoms with Gasteiger partial charge in [0.05, 0.1) is 6.61 Å². The fourth-order valence-electron chi connectivity index (χ4n) is 3.43. The van der Waals surface area contributed by atoms with Crippen LogP contribution >= 0.6 is 0 Å². The lowest BCUT2D eigenvalue weighted by Gasteiger charge is -2.43. The molecule has 0 saturated carbocycles. The monoisotopic (exact) mass is 253 g/mol. The SMILES string of the molecule is C=CC[C@]1(CO)CCCN(CC2CCOCC2)C1. The number of aliphatic hydroxyl groups excluding tert-OH is 1. The van der Waals surface area contributed by atoms with Crippen molar-refractivity contribution >= 4 is 0 Å². The average Bonchev–Trinajstić information content (AvgIpc) is 2.41. The number of aliphatic hydroxyl groups is 1. The van der Waals surface area contributed by atoms with Crippen molar-refractivity contribution < 1.29 is 9.84 Å². The second-order valence-electron chi connectivity index (χ2n) is 6.05. The number of rotatable bonds is 5. The zero-order valence-corrected chi connectivity index (χ0v) is 11.4. The normalized spacial score (nSPS) is 31.4. The average molecular weight is 253 g/mol. The number of allylic oxidation sites excluding steroid dienone is 1. The van der Waals surface area contributed by atoms with E-state index in [1.807, 2.05) is 6.08 Å². The molecule has 0 radical (unpaired) electrons. The van der Waals surface area contributed by atoms with Crippen LogP contribution in [0.25, 0.3) is 0 Å². The summed E-state index contributed by atoms with van der Waals surface area (Å²) >= 11 is 0. The lowest BCUT2D eigenvalue weighted by atomic mass is 9.77. The number of ether oxygens (including phenoxy) is 1. The zero-order chi connectivity index (χ0) is 12.8. The van der Waals surface area contributed by atoms with E-state index in [0.717, 1.165) is 38.5 Å². The fraction of sp³-hybridized carbons (Fsp3) is 0.867. The van der Waals surface area contributed by atoms with Crippen molar-refractivity contribution in [1.82, 2.24) is 4.90 Å². The van der Waals surface area contributed by atoms with Gasteiger partial charge >= 0.3 is 0 Å². The van der Waals surface area contributed by atoms with Crippen molar-refractivity contribution in [1.29, 1.82) is 0 Å². The molecule has 2 fully saturated rings. The van der Waals surface area contributed by atoms with Crippen LogP contribution in [0.2, 0.25) is 0 Å². The van der Waals surface area contributed by atoms with Gasteiger partial charge in [-0.1, -0.05) is 6.08 Å². The Morgan fingerprint density at radius 3 is 2.83 bits per heavy atom. The Morgan fingerprint density at radius 1 is 1.39 bits per heavy atom. The first kappa shape index (κ1) is 14.0. The highest BCUT2D eigenvalue weighted by molar-refractivity contribution is 4.92. The summed E-state index contributed by atoms with van der Waals surface area (Å²) < 4.78 is 5.42. The first-order valence-electron chi connectivity index (χ1n) is 7.30. The molecule has 2 aliphatic heterocycles. The summed E-state index contributed by atoms with van der Waals surface area (Å²) in [6.07, 6.45) is 7.65. The van der Waals surface area contributed by atoms with Crippen LogP contribution in [0, 0.1) is 11.3 Å². The summed E-state index contributed by atoms with van der Waals surface area (Å²) in [5.74, 6) is 0.789. The number of likely N-dealkylation sites (tertiary alicyclic amines) is 1. The van der Waals surface area contributed by atoms with E-state index in [9.17, 15) is 5.11 Å². The van der Waals surface area contributed by atoms with Gasteiger partial charge in [-0.15, -0.1) is 6.58 Å². The first-order valence-corrected chi connectivity index (χ1v) is 7.30. The second kappa shape index (κ2) is 6.69. The molecule has 0 aromatic carbocycles. The van der Waals surface area contributed by atoms with Gasteiger partial charge in [-0.2, -0.15) is 0 Å². The second-order valence-corrected chi connectivity index (χ2v) is 6.05. The number of piperidine rings is 1. The van der Waals surface area contributed by atoms with Crippen molar-refractivity contribution in [3.8, 4) is 0 Å². The summed E-state index contributed by atoms with van der Waals surface area (Å²) in [5, 5.41) is 9.70. The van der Waals surface area contributed by atoms with Crippen LogP contribution in [0.5, 0.6) is 0 Å². The summed E-state index contributed by atoms with van der Waals surface area (Å²) in [7, 11) is 0. The Morgan fingerprint density at radius 2 is 2.17 bits per heavy atom. The van der Waals surface area contributed by atoms with Gasteiger partial charge in [0, 0.05) is 31.7 Å². The van der Waals surface area contributed by atoms with Crippen LogP contribution in [-0.4, -0.2) is 49.5 Å². The van der Waals surface area contributed by atoms with Gasteiger partial charge in [-0.25, -0.2) is 0 Å². The lowest BCUT2D eigenvalue weighted by Crippen LogP contribution is -2.47. The summed E-state index contributed by atoms with van der Waals surface area (Å²) in [4.78, 5) is 2.55. The molecule has 1 N–H and O–H groups in total. The Hall–Kier alpha value is -0.380. The van der Waals surface area contributed by atoms with Gasteiger partial charge in [-0.05, 0) is 44.6 Å². The van der Waals surface area contributed by atoms with Gasteiger partial charge in [0.25, 0.3) is 0 Å². The van der Waals surface area contributed by atoms with Crippen molar-refractivity contribution in [2.75, 3.05) is 39.5 Å². The van der Waals surface area contributed by atoms with E-state index in [1.54, 1.807) is 0 Å². The van der Waals surface area contributed by atoms with Gasteiger partial charge in [0.1, 0.15) is 0 Å². The fourth-order valence-corrected chi connectivity index (χ4v) is 3.43. The van der Waals surface area contributed by atoms with E-state index in [4.69, 9.17) is 4.74 Å². The third kappa shape index (κ3) is 3.56. The maximum atomic E-state index is 9.70. The molecule has 2 saturated heterocycles. The largest absolute Gasteiger partial charge is 0.396 e. The molecule has 104 valence electrons. The summed E-state index contributed by atoms with van der Waals surface area (Å²) in [5.41, 5.74) is 0.0746. The minimum atomic E-state index is 0.0746. The highest BCUT2D eigenvalue weighted by Crippen LogP contribution is 2.34. The highest BCUT2D eigenvalue weighted by Gasteiger charge is 2.34. The molecule has 3 nitrogen and oxygen atoms in total. The minimum Gasteiger partial charge on any atom is -0.396 e. The van der Waals surface area contributed by atoms with Crippen LogP contribution in [-0.2, 0) is 4.74 Å². The molecule has 1 atom stereocenters. The molecular formula is C15H27NO2. The molecule has 0 aromatic heterocycles. The van der Waals surface area contributed by atoms with Gasteiger partial charge < -0.3 is 14.7 Å². The molecule has 2 aliphatic rings. The molecule has 0 aliphatic carbocycles. The van der Waals surface area contributed by atoms with Crippen molar-refractivity contribution in [3.05, 3.63) is 12.7 Å². The third-order valence-electron chi connectivity index (χ3n) is 4.51. The quantitative estimate of drug-likeness (QED) is 0.761. The molecule has 0 aromatic rings. The molecule has 0 bridgehead atoms. The maximum absolute atomic E-state index is 9.70. The predicted molar refractivity (Wildman–Crippen MR) is 73.5 cm³/mol. The summed E-state index contributed by atoms with van der Waals surface area (Å²) in [6.45, 7) is 9.40. The zero-order valence-electron chi connectivity index (χ0n) is 11.4. The standard InChI is InChI=1S/C15H27NO2/c1-2-6-15(13-17)7-3-8-16(12-15)11-14-4-9-18-10-5-14/h2,14,17H,1,3-13H2/t15-/m0/s1. The number of hydrogen-bond donors (Lipinski definition) is 1. The topological polar surface area (TPSA) is 32.7 Å². The van der Waals surface area contributed by atoms with Gasteiger partial charge in [-0.3, -0.25) is 0 Å². The van der Waals surface area contributed by atoms with Crippen LogP contribution in [0.4, 0.5) is 0 Å². The Balaban J connectivity index is 1.86. The molecule has 0 spiro atoms. The Labute approximate surface area is 111 Å². The maximum Gasteiger partial charge on any atom is 0.0502 e. The molecule has 3 heteroatoms. The molecule has 2 heterocycles. The third-order valence-corrected chi connectivity index (χ3v) is 4.51. The smallest absolute Gasteiger partial charge is 0.0502 e. The van der Waals surface area contributed by atoms with E-state index < -0.39 is 0 Å². The number of nitrogens with zero attached hydrogens (tertiary/aromatic N) is 1. The van der Waals surface area contributed by atoms with Crippen LogP contribution in [0.1, 0.15) is 32.1 Å². The molecule has 2 rings (SSSR count). The van der Waals surface area contributed by atoms with E-state index in [0.29, 0.717) is 6.61 Å². The van der Waals surface area contributed by atoms with Crippen molar-refractivity contribution in [2.45, 2.75) is 32.1 Å². The predicted octanol–water partition coefficient (Wildman–Crippen LogP) is 2.06. The van der Waals surface area contributed by atoms with E-state index >= 15 is 0 Å². The Kier molecular flexibility index (Phi) is 5.22. The van der Waals surface area contributed by atoms with Crippen LogP contribution in [0.3, 0.4) is 0 Å². The summed E-state index contributed by atoms with van der Waals surface area (Å²) in [6, 6.07) is 0. The molecule has 0 amide bonds. The van der Waals surface area contributed by atoms with E-state index in [1.165, 1.54) is 32.4 Å². The lowest BCUT2D eigenvalue weighted by molar-refractivity contribution is 0.00864. The first-order chi connectivity index (χ1) is 8.78. The Bertz CT molecular complexity index is 263. The molecule has 0 unspecified atom stereocenters. The number of hydrogen-bond acceptors (Lipinski definition) is 3. The van der Waals surface area contributed by atoms with E-state index in [-0.39, 0.29) is 5.41 Å². The minimum absolute atomic E-state index is 0.0746. The molecule has 18 heavy (non-hydrogen) atoms. The van der Waals surface area contributed by atoms with Gasteiger partial charge in [0.15, 0.2) is 0 Å². The molecular weight excluding hydrogens is 226 g/mol. The highest BCUT2D eigenvalue weighted by atomic mass is 16.5. The van der Waals surface area contributed by atoms with Crippen molar-refractivity contribution in [2.24, 2.45) is 11.3 Å². The van der Waals surface area contributed by atoms with Gasteiger partial charge in [0.2, 0.25) is 0 Å². The van der Waals surface area contributed by atoms with E-state index in [2.05, 4.69) is 11.5 Å². The van der Waals surface area contributed by atoms with Crippen molar-refractivity contribution in [3.63, 3.8) is 0 Å². The van der Waals surface area contributed by atoms with Crippen LogP contribution in [0.15, 0.2) is 12.7 Å².